The molecule has 1 aliphatic rings. The average molecular weight is 262 g/mol. The van der Waals surface area contributed by atoms with Gasteiger partial charge in [-0.15, -0.1) is 0 Å². The molecular formula is C16H22O3. The molecule has 1 saturated heterocycles. The molecule has 1 aromatic carbocycles. The number of carbonyl (C=O) groups is 1. The second-order valence-corrected chi connectivity index (χ2v) is 5.86. The van der Waals surface area contributed by atoms with E-state index >= 15 is 0 Å². The number of Topliss-reactive ketones (excluding diaryl/α,β-unsaturated/α-hetero) is 1. The van der Waals surface area contributed by atoms with E-state index in [2.05, 4.69) is 0 Å². The summed E-state index contributed by atoms with van der Waals surface area (Å²) in [5.74, 6) is 0.144. The summed E-state index contributed by atoms with van der Waals surface area (Å²) < 4.78 is 5.89. The van der Waals surface area contributed by atoms with Crippen molar-refractivity contribution >= 4 is 5.78 Å². The van der Waals surface area contributed by atoms with E-state index in [-0.39, 0.29) is 17.8 Å². The van der Waals surface area contributed by atoms with Crippen LogP contribution >= 0.6 is 0 Å². The molecule has 3 nitrogen and oxygen atoms in total. The van der Waals surface area contributed by atoms with Crippen LogP contribution in [0.5, 0.6) is 0 Å². The second-order valence-electron chi connectivity index (χ2n) is 5.86. The zero-order valence-electron chi connectivity index (χ0n) is 11.8. The molecule has 19 heavy (non-hydrogen) atoms. The average Bonchev–Trinajstić information content (AvgIpc) is 2.81. The van der Waals surface area contributed by atoms with Crippen LogP contribution in [-0.4, -0.2) is 28.7 Å². The minimum atomic E-state index is -0.804. The highest BCUT2D eigenvalue weighted by Crippen LogP contribution is 2.35. The summed E-state index contributed by atoms with van der Waals surface area (Å²) in [7, 11) is 0. The molecule has 1 N–H and O–H groups in total. The fraction of sp³-hybridized carbons (Fsp3) is 0.562. The maximum atomic E-state index is 12.5. The maximum absolute atomic E-state index is 12.5. The van der Waals surface area contributed by atoms with E-state index in [1.165, 1.54) is 0 Å². The number of hydrogen-bond acceptors (Lipinski definition) is 3. The third-order valence-corrected chi connectivity index (χ3v) is 3.90. The lowest BCUT2D eigenvalue weighted by Crippen LogP contribution is -2.39. The molecule has 1 fully saturated rings. The number of hydrogen-bond donors (Lipinski definition) is 1. The van der Waals surface area contributed by atoms with Crippen molar-refractivity contribution in [1.29, 1.82) is 0 Å². The first-order valence-corrected chi connectivity index (χ1v) is 6.90. The largest absolute Gasteiger partial charge is 0.390 e. The minimum Gasteiger partial charge on any atom is -0.390 e. The summed E-state index contributed by atoms with van der Waals surface area (Å²) in [5, 5.41) is 10.1. The van der Waals surface area contributed by atoms with Crippen LogP contribution in [0.3, 0.4) is 0 Å². The van der Waals surface area contributed by atoms with Crippen LogP contribution in [0.15, 0.2) is 30.3 Å². The van der Waals surface area contributed by atoms with Crippen LogP contribution < -0.4 is 0 Å². The van der Waals surface area contributed by atoms with Crippen molar-refractivity contribution in [3.8, 4) is 0 Å². The van der Waals surface area contributed by atoms with E-state index in [9.17, 15) is 9.90 Å². The maximum Gasteiger partial charge on any atom is 0.194 e. The van der Waals surface area contributed by atoms with Crippen molar-refractivity contribution in [2.75, 3.05) is 0 Å². The number of rotatable bonds is 4. The predicted octanol–water partition coefficient (Wildman–Crippen LogP) is 2.82. The van der Waals surface area contributed by atoms with Crippen LogP contribution in [0.1, 0.15) is 44.0 Å². The SMILES string of the molecule is CC(C)[C@@H](O)[C@@H]1CC[C@](C)(C(=O)c2ccccc2)O1. The lowest BCUT2D eigenvalue weighted by molar-refractivity contribution is -0.0761. The smallest absolute Gasteiger partial charge is 0.194 e. The first kappa shape index (κ1) is 14.2. The van der Waals surface area contributed by atoms with E-state index in [4.69, 9.17) is 4.74 Å². The first-order valence-electron chi connectivity index (χ1n) is 6.90. The zero-order chi connectivity index (χ0) is 14.0. The van der Waals surface area contributed by atoms with Gasteiger partial charge in [0.15, 0.2) is 5.78 Å². The molecule has 0 bridgehead atoms. The van der Waals surface area contributed by atoms with Gasteiger partial charge in [-0.1, -0.05) is 44.2 Å². The fourth-order valence-electron chi connectivity index (χ4n) is 2.60. The van der Waals surface area contributed by atoms with Gasteiger partial charge < -0.3 is 9.84 Å². The van der Waals surface area contributed by atoms with Crippen molar-refractivity contribution in [3.05, 3.63) is 35.9 Å². The van der Waals surface area contributed by atoms with Gasteiger partial charge in [-0.05, 0) is 25.7 Å². The Morgan fingerprint density at radius 2 is 2.00 bits per heavy atom. The van der Waals surface area contributed by atoms with Crippen LogP contribution in [0, 0.1) is 5.92 Å². The lowest BCUT2D eigenvalue weighted by Gasteiger charge is -2.27. The Morgan fingerprint density at radius 3 is 2.58 bits per heavy atom. The van der Waals surface area contributed by atoms with Gasteiger partial charge in [0, 0.05) is 5.56 Å². The van der Waals surface area contributed by atoms with Gasteiger partial charge in [0.2, 0.25) is 0 Å². The Morgan fingerprint density at radius 1 is 1.37 bits per heavy atom. The summed E-state index contributed by atoms with van der Waals surface area (Å²) >= 11 is 0. The van der Waals surface area contributed by atoms with Crippen molar-refractivity contribution in [2.45, 2.75) is 51.4 Å². The summed E-state index contributed by atoms with van der Waals surface area (Å²) in [6, 6.07) is 9.21. The van der Waals surface area contributed by atoms with Crippen LogP contribution in [0.4, 0.5) is 0 Å². The van der Waals surface area contributed by atoms with Gasteiger partial charge >= 0.3 is 0 Å². The van der Waals surface area contributed by atoms with Gasteiger partial charge in [-0.2, -0.15) is 0 Å². The molecule has 0 aromatic heterocycles. The van der Waals surface area contributed by atoms with Crippen molar-refractivity contribution < 1.29 is 14.6 Å². The number of aliphatic hydroxyl groups excluding tert-OH is 1. The van der Waals surface area contributed by atoms with E-state index in [0.29, 0.717) is 12.0 Å². The van der Waals surface area contributed by atoms with Gasteiger partial charge in [-0.25, -0.2) is 0 Å². The fourth-order valence-corrected chi connectivity index (χ4v) is 2.60. The molecule has 0 saturated carbocycles. The molecule has 0 unspecified atom stereocenters. The van der Waals surface area contributed by atoms with Gasteiger partial charge in [0.05, 0.1) is 12.2 Å². The third kappa shape index (κ3) is 2.88. The summed E-state index contributed by atoms with van der Waals surface area (Å²) in [5.41, 5.74) is -0.133. The van der Waals surface area contributed by atoms with E-state index in [0.717, 1.165) is 6.42 Å². The van der Waals surface area contributed by atoms with E-state index in [1.807, 2.05) is 51.1 Å². The molecule has 1 heterocycles. The molecule has 3 atom stereocenters. The number of carbonyl (C=O) groups excluding carboxylic acids is 1. The van der Waals surface area contributed by atoms with Crippen molar-refractivity contribution in [2.24, 2.45) is 5.92 Å². The molecule has 0 spiro atoms. The number of ketones is 1. The molecule has 1 aliphatic heterocycles. The Bertz CT molecular complexity index is 441. The quantitative estimate of drug-likeness (QED) is 0.849. The molecule has 2 rings (SSSR count). The monoisotopic (exact) mass is 262 g/mol. The summed E-state index contributed by atoms with van der Waals surface area (Å²) in [4.78, 5) is 12.5. The first-order chi connectivity index (χ1) is 8.94. The molecule has 104 valence electrons. The molecule has 0 radical (unpaired) electrons. The minimum absolute atomic E-state index is 0.00607. The number of ether oxygens (including phenoxy) is 1. The summed E-state index contributed by atoms with van der Waals surface area (Å²) in [6.45, 7) is 5.75. The highest BCUT2D eigenvalue weighted by molar-refractivity contribution is 6.02. The highest BCUT2D eigenvalue weighted by Gasteiger charge is 2.45. The van der Waals surface area contributed by atoms with E-state index < -0.39 is 11.7 Å². The Balaban J connectivity index is 2.11. The Hall–Kier alpha value is -1.19. The highest BCUT2D eigenvalue weighted by atomic mass is 16.5. The zero-order valence-corrected chi connectivity index (χ0v) is 11.8. The van der Waals surface area contributed by atoms with Gasteiger partial charge in [-0.3, -0.25) is 4.79 Å². The standard InChI is InChI=1S/C16H22O3/c1-11(2)14(17)13-9-10-16(3,19-13)15(18)12-7-5-4-6-8-12/h4-8,11,13-14,17H,9-10H2,1-3H3/t13-,14+,16+/m0/s1. The Labute approximate surface area is 114 Å². The molecule has 0 amide bonds. The number of aliphatic hydroxyl groups is 1. The van der Waals surface area contributed by atoms with E-state index in [1.54, 1.807) is 0 Å². The van der Waals surface area contributed by atoms with Crippen LogP contribution in [-0.2, 0) is 4.74 Å². The van der Waals surface area contributed by atoms with Gasteiger partial charge in [0.25, 0.3) is 0 Å². The Kier molecular flexibility index (Phi) is 4.07. The van der Waals surface area contributed by atoms with Crippen molar-refractivity contribution in [3.63, 3.8) is 0 Å². The summed E-state index contributed by atoms with van der Waals surface area (Å²) in [6.07, 6.45) is 0.645. The van der Waals surface area contributed by atoms with Crippen molar-refractivity contribution in [1.82, 2.24) is 0 Å². The normalized spacial score (nSPS) is 28.6. The van der Waals surface area contributed by atoms with Crippen LogP contribution in [0.2, 0.25) is 0 Å². The molecule has 1 aromatic rings. The third-order valence-electron chi connectivity index (χ3n) is 3.90. The topological polar surface area (TPSA) is 46.5 Å². The molecule has 3 heteroatoms. The second kappa shape index (κ2) is 5.43. The number of benzene rings is 1. The molecular weight excluding hydrogens is 240 g/mol. The predicted molar refractivity (Wildman–Crippen MR) is 74.1 cm³/mol. The van der Waals surface area contributed by atoms with Crippen LogP contribution in [0.25, 0.3) is 0 Å². The lowest BCUT2D eigenvalue weighted by atomic mass is 9.91. The van der Waals surface area contributed by atoms with Gasteiger partial charge in [0.1, 0.15) is 5.60 Å². The molecule has 0 aliphatic carbocycles.